The van der Waals surface area contributed by atoms with Crippen molar-refractivity contribution in [3.63, 3.8) is 0 Å². The zero-order valence-electron chi connectivity index (χ0n) is 15.6. The number of thioether (sulfide) groups is 1. The molecule has 0 aromatic carbocycles. The third-order valence-electron chi connectivity index (χ3n) is 5.49. The molecule has 2 rings (SSSR count). The fourth-order valence-corrected chi connectivity index (χ4v) is 5.92. The van der Waals surface area contributed by atoms with Crippen molar-refractivity contribution < 1.29 is 46.2 Å². The summed E-state index contributed by atoms with van der Waals surface area (Å²) in [5, 5.41) is 15.0. The predicted octanol–water partition coefficient (Wildman–Crippen LogP) is 1.55. The first kappa shape index (κ1) is 23.7. The van der Waals surface area contributed by atoms with Crippen LogP contribution in [0.2, 0.25) is 0 Å². The first-order chi connectivity index (χ1) is 12.8. The number of ether oxygens (including phenoxy) is 2. The SMILES string of the molecule is CCC(O)(CC)CC1CC2CC(OCC(=O)OC(O)C(F)(F)S(=O)(=O)O)C1S2. The summed E-state index contributed by atoms with van der Waals surface area (Å²) in [5.41, 5.74) is -0.759. The molecule has 0 aliphatic carbocycles. The second-order valence-corrected chi connectivity index (χ2v) is 10.3. The summed E-state index contributed by atoms with van der Waals surface area (Å²) in [6.45, 7) is 3.09. The molecule has 2 heterocycles. The van der Waals surface area contributed by atoms with E-state index in [1.807, 2.05) is 13.8 Å². The van der Waals surface area contributed by atoms with E-state index in [4.69, 9.17) is 14.4 Å². The molecule has 12 heteroatoms. The zero-order valence-corrected chi connectivity index (χ0v) is 17.2. The first-order valence-corrected chi connectivity index (χ1v) is 11.4. The number of aliphatic hydroxyl groups is 2. The summed E-state index contributed by atoms with van der Waals surface area (Å²) in [7, 11) is -5.94. The first-order valence-electron chi connectivity index (χ1n) is 9.04. The van der Waals surface area contributed by atoms with Crippen LogP contribution in [0.4, 0.5) is 8.78 Å². The molecule has 0 aromatic heterocycles. The number of rotatable bonds is 10. The number of carbonyl (C=O) groups is 1. The van der Waals surface area contributed by atoms with Crippen molar-refractivity contribution in [1.82, 2.24) is 0 Å². The number of hydrogen-bond acceptors (Lipinski definition) is 8. The summed E-state index contributed by atoms with van der Waals surface area (Å²) in [6, 6.07) is 0. The molecule has 5 atom stereocenters. The van der Waals surface area contributed by atoms with Crippen LogP contribution >= 0.6 is 11.8 Å². The van der Waals surface area contributed by atoms with Crippen molar-refractivity contribution >= 4 is 27.8 Å². The van der Waals surface area contributed by atoms with Gasteiger partial charge in [-0.25, -0.2) is 4.79 Å². The molecule has 2 bridgehead atoms. The van der Waals surface area contributed by atoms with Crippen molar-refractivity contribution in [3.05, 3.63) is 0 Å². The van der Waals surface area contributed by atoms with Gasteiger partial charge in [-0.05, 0) is 38.0 Å². The van der Waals surface area contributed by atoms with E-state index in [1.165, 1.54) is 0 Å². The molecule has 2 aliphatic rings. The van der Waals surface area contributed by atoms with E-state index in [-0.39, 0.29) is 17.3 Å². The van der Waals surface area contributed by atoms with E-state index in [0.717, 1.165) is 6.42 Å². The van der Waals surface area contributed by atoms with Crippen LogP contribution in [0.3, 0.4) is 0 Å². The lowest BCUT2D eigenvalue weighted by atomic mass is 9.78. The molecule has 164 valence electrons. The molecule has 28 heavy (non-hydrogen) atoms. The van der Waals surface area contributed by atoms with E-state index in [0.29, 0.717) is 30.9 Å². The maximum atomic E-state index is 13.2. The fraction of sp³-hybridized carbons (Fsp3) is 0.938. The van der Waals surface area contributed by atoms with Gasteiger partial charge >= 0.3 is 21.3 Å². The van der Waals surface area contributed by atoms with Gasteiger partial charge in [-0.3, -0.25) is 4.55 Å². The number of alkyl halides is 2. The minimum Gasteiger partial charge on any atom is -0.426 e. The Morgan fingerprint density at radius 3 is 2.39 bits per heavy atom. The topological polar surface area (TPSA) is 130 Å². The Hall–Kier alpha value is -0.530. The quantitative estimate of drug-likeness (QED) is 0.259. The molecule has 0 aromatic rings. The monoisotopic (exact) mass is 448 g/mol. The fourth-order valence-electron chi connectivity index (χ4n) is 3.72. The normalized spacial score (nSPS) is 29.1. The maximum absolute atomic E-state index is 13.2. The van der Waals surface area contributed by atoms with Crippen LogP contribution in [0.5, 0.6) is 0 Å². The van der Waals surface area contributed by atoms with Gasteiger partial charge in [0.1, 0.15) is 6.61 Å². The highest BCUT2D eigenvalue weighted by Crippen LogP contribution is 2.53. The lowest BCUT2D eigenvalue weighted by Crippen LogP contribution is -2.44. The Kier molecular flexibility index (Phi) is 7.36. The van der Waals surface area contributed by atoms with Gasteiger partial charge in [-0.1, -0.05) is 13.8 Å². The summed E-state index contributed by atoms with van der Waals surface area (Å²) in [6.07, 6.45) is -0.221. The molecular formula is C16H26F2O8S2. The van der Waals surface area contributed by atoms with Crippen molar-refractivity contribution in [2.24, 2.45) is 5.92 Å². The highest BCUT2D eigenvalue weighted by atomic mass is 32.2. The number of halogens is 2. The van der Waals surface area contributed by atoms with Crippen LogP contribution < -0.4 is 0 Å². The molecule has 8 nitrogen and oxygen atoms in total. The van der Waals surface area contributed by atoms with Crippen molar-refractivity contribution in [2.75, 3.05) is 6.61 Å². The standard InChI is InChI=1S/C16H26F2O8S2/c1-3-15(21,4-2)7-9-5-10-6-11(13(9)27-10)25-8-12(19)26-14(20)16(17,18)28(22,23)24/h9-11,13-14,20-21H,3-8H2,1-2H3,(H,22,23,24). The Labute approximate surface area is 166 Å². The predicted molar refractivity (Wildman–Crippen MR) is 96.4 cm³/mol. The number of aliphatic hydroxyl groups excluding tert-OH is 1. The van der Waals surface area contributed by atoms with Gasteiger partial charge in [-0.2, -0.15) is 29.0 Å². The smallest absolute Gasteiger partial charge is 0.426 e. The lowest BCUT2D eigenvalue weighted by molar-refractivity contribution is -0.210. The highest BCUT2D eigenvalue weighted by molar-refractivity contribution is 8.01. The molecule has 3 N–H and O–H groups in total. The lowest BCUT2D eigenvalue weighted by Gasteiger charge is -2.34. The molecule has 5 unspecified atom stereocenters. The summed E-state index contributed by atoms with van der Waals surface area (Å²) in [4.78, 5) is 11.6. The van der Waals surface area contributed by atoms with Crippen LogP contribution in [-0.2, 0) is 24.4 Å². The average Bonchev–Trinajstić information content (AvgIpc) is 3.18. The Morgan fingerprint density at radius 1 is 1.29 bits per heavy atom. The number of esters is 1. The minimum absolute atomic E-state index is 0.0478. The second kappa shape index (κ2) is 8.68. The van der Waals surface area contributed by atoms with Gasteiger partial charge < -0.3 is 19.7 Å². The van der Waals surface area contributed by atoms with Gasteiger partial charge in [0, 0.05) is 10.5 Å². The van der Waals surface area contributed by atoms with E-state index in [2.05, 4.69) is 4.74 Å². The molecule has 2 aliphatic heterocycles. The highest BCUT2D eigenvalue weighted by Gasteiger charge is 2.54. The third kappa shape index (κ3) is 5.14. The van der Waals surface area contributed by atoms with Crippen LogP contribution in [0.25, 0.3) is 0 Å². The maximum Gasteiger partial charge on any atom is 0.430 e. The molecule has 0 spiro atoms. The van der Waals surface area contributed by atoms with E-state index < -0.39 is 39.8 Å². The van der Waals surface area contributed by atoms with Gasteiger partial charge in [0.15, 0.2) is 0 Å². The Bertz CT molecular complexity index is 668. The van der Waals surface area contributed by atoms with E-state index in [9.17, 15) is 27.1 Å². The third-order valence-corrected chi connectivity index (χ3v) is 8.15. The van der Waals surface area contributed by atoms with Gasteiger partial charge in [0.25, 0.3) is 6.29 Å². The van der Waals surface area contributed by atoms with Crippen LogP contribution in [0.1, 0.15) is 46.0 Å². The van der Waals surface area contributed by atoms with E-state index >= 15 is 0 Å². The molecular weight excluding hydrogens is 422 g/mol. The molecule has 2 saturated heterocycles. The summed E-state index contributed by atoms with van der Waals surface area (Å²) in [5.74, 6) is -1.18. The van der Waals surface area contributed by atoms with Gasteiger partial charge in [-0.15, -0.1) is 0 Å². The minimum atomic E-state index is -5.94. The second-order valence-electron chi connectivity index (χ2n) is 7.32. The van der Waals surface area contributed by atoms with Gasteiger partial charge in [0.2, 0.25) is 0 Å². The van der Waals surface area contributed by atoms with Crippen molar-refractivity contribution in [2.45, 2.75) is 79.7 Å². The molecule has 2 fully saturated rings. The Morgan fingerprint density at radius 2 is 1.89 bits per heavy atom. The largest absolute Gasteiger partial charge is 0.430 e. The zero-order chi connectivity index (χ0) is 21.3. The van der Waals surface area contributed by atoms with Crippen molar-refractivity contribution in [1.29, 1.82) is 0 Å². The summed E-state index contributed by atoms with van der Waals surface area (Å²) >= 11 is 1.71. The van der Waals surface area contributed by atoms with Gasteiger partial charge in [0.05, 0.1) is 11.7 Å². The molecule has 0 amide bonds. The Balaban J connectivity index is 1.87. The molecule has 0 radical (unpaired) electrons. The number of hydrogen-bond donors (Lipinski definition) is 3. The van der Waals surface area contributed by atoms with Crippen LogP contribution in [0, 0.1) is 5.92 Å². The summed E-state index contributed by atoms with van der Waals surface area (Å²) < 4.78 is 65.3. The van der Waals surface area contributed by atoms with E-state index in [1.54, 1.807) is 11.8 Å². The number of fused-ring (bicyclic) bond motifs is 2. The number of carbonyl (C=O) groups excluding carboxylic acids is 1. The van der Waals surface area contributed by atoms with Crippen LogP contribution in [0.15, 0.2) is 0 Å². The molecule has 0 saturated carbocycles. The average molecular weight is 449 g/mol. The van der Waals surface area contributed by atoms with Crippen LogP contribution in [-0.4, -0.2) is 69.5 Å². The van der Waals surface area contributed by atoms with Crippen molar-refractivity contribution in [3.8, 4) is 0 Å².